The maximum atomic E-state index is 13.2. The number of hydrogen-bond acceptors (Lipinski definition) is 4. The standard InChI is InChI=1S/C22H21N3O4S/c1-23-30(28,29)18-9-10-20-17(14-18)11-13-25(20)22(27)19-8-5-12-24(21(19)26)15-16-6-3-2-4-7-16/h2-10,12,14,23H,11,13,15H2,1H3. The van der Waals surface area contributed by atoms with Gasteiger partial charge in [-0.25, -0.2) is 13.1 Å². The molecule has 154 valence electrons. The number of rotatable bonds is 5. The van der Waals surface area contributed by atoms with Gasteiger partial charge >= 0.3 is 0 Å². The molecule has 0 saturated carbocycles. The number of sulfonamides is 1. The van der Waals surface area contributed by atoms with Crippen molar-refractivity contribution in [2.24, 2.45) is 0 Å². The van der Waals surface area contributed by atoms with Crippen LogP contribution in [0.25, 0.3) is 0 Å². The SMILES string of the molecule is CNS(=O)(=O)c1ccc2c(c1)CCN2C(=O)c1cccn(Cc2ccccc2)c1=O. The number of nitrogens with zero attached hydrogens (tertiary/aromatic N) is 2. The van der Waals surface area contributed by atoms with Crippen LogP contribution in [0.4, 0.5) is 5.69 Å². The molecule has 30 heavy (non-hydrogen) atoms. The second kappa shape index (κ2) is 7.89. The molecular formula is C22H21N3O4S. The van der Waals surface area contributed by atoms with E-state index < -0.39 is 10.0 Å². The number of benzene rings is 2. The van der Waals surface area contributed by atoms with Gasteiger partial charge < -0.3 is 9.47 Å². The van der Waals surface area contributed by atoms with E-state index >= 15 is 0 Å². The van der Waals surface area contributed by atoms with E-state index in [1.807, 2.05) is 30.3 Å². The molecule has 1 amide bonds. The predicted octanol–water partition coefficient (Wildman–Crippen LogP) is 2.01. The van der Waals surface area contributed by atoms with E-state index in [1.165, 1.54) is 28.6 Å². The lowest BCUT2D eigenvalue weighted by atomic mass is 10.1. The van der Waals surface area contributed by atoms with Crippen LogP contribution in [0.2, 0.25) is 0 Å². The Morgan fingerprint density at radius 1 is 1.07 bits per heavy atom. The highest BCUT2D eigenvalue weighted by Crippen LogP contribution is 2.31. The molecule has 8 heteroatoms. The van der Waals surface area contributed by atoms with Gasteiger partial charge in [0.25, 0.3) is 11.5 Å². The molecule has 2 heterocycles. The summed E-state index contributed by atoms with van der Waals surface area (Å²) in [5.41, 5.74) is 2.10. The van der Waals surface area contributed by atoms with Gasteiger partial charge in [0, 0.05) is 18.4 Å². The Hall–Kier alpha value is -3.23. The summed E-state index contributed by atoms with van der Waals surface area (Å²) in [6, 6.07) is 17.4. The van der Waals surface area contributed by atoms with Gasteiger partial charge in [0.15, 0.2) is 0 Å². The van der Waals surface area contributed by atoms with Crippen molar-refractivity contribution in [1.29, 1.82) is 0 Å². The van der Waals surface area contributed by atoms with E-state index in [2.05, 4.69) is 4.72 Å². The number of hydrogen-bond donors (Lipinski definition) is 1. The third kappa shape index (κ3) is 3.67. The van der Waals surface area contributed by atoms with E-state index in [-0.39, 0.29) is 21.9 Å². The van der Waals surface area contributed by atoms with Crippen LogP contribution in [-0.4, -0.2) is 32.5 Å². The smallest absolute Gasteiger partial charge is 0.263 e. The monoisotopic (exact) mass is 423 g/mol. The average molecular weight is 423 g/mol. The van der Waals surface area contributed by atoms with Crippen molar-refractivity contribution >= 4 is 21.6 Å². The van der Waals surface area contributed by atoms with Crippen molar-refractivity contribution in [2.75, 3.05) is 18.5 Å². The van der Waals surface area contributed by atoms with Gasteiger partial charge in [0.1, 0.15) is 5.56 Å². The number of pyridine rings is 1. The van der Waals surface area contributed by atoms with Gasteiger partial charge in [-0.3, -0.25) is 9.59 Å². The van der Waals surface area contributed by atoms with E-state index in [4.69, 9.17) is 0 Å². The number of anilines is 1. The minimum atomic E-state index is -3.56. The van der Waals surface area contributed by atoms with E-state index in [0.717, 1.165) is 11.1 Å². The number of fused-ring (bicyclic) bond motifs is 1. The Kier molecular flexibility index (Phi) is 5.27. The minimum absolute atomic E-state index is 0.0909. The summed E-state index contributed by atoms with van der Waals surface area (Å²) < 4.78 is 27.9. The first-order chi connectivity index (χ1) is 14.4. The number of aromatic nitrogens is 1. The lowest BCUT2D eigenvalue weighted by Crippen LogP contribution is -2.35. The molecule has 0 saturated heterocycles. The Bertz CT molecular complexity index is 1270. The van der Waals surface area contributed by atoms with Crippen molar-refractivity contribution < 1.29 is 13.2 Å². The molecule has 0 unspecified atom stereocenters. The van der Waals surface area contributed by atoms with Gasteiger partial charge in [-0.2, -0.15) is 0 Å². The molecule has 0 atom stereocenters. The molecule has 3 aromatic rings. The molecule has 1 aliphatic rings. The minimum Gasteiger partial charge on any atom is -0.310 e. The highest BCUT2D eigenvalue weighted by Gasteiger charge is 2.28. The fourth-order valence-electron chi connectivity index (χ4n) is 3.62. The summed E-state index contributed by atoms with van der Waals surface area (Å²) in [6.07, 6.45) is 2.19. The van der Waals surface area contributed by atoms with Gasteiger partial charge in [0.2, 0.25) is 10.0 Å². The van der Waals surface area contributed by atoms with Crippen molar-refractivity contribution in [3.8, 4) is 0 Å². The maximum Gasteiger partial charge on any atom is 0.263 e. The number of carbonyl (C=O) groups excluding carboxylic acids is 1. The van der Waals surface area contributed by atoms with Crippen molar-refractivity contribution in [3.63, 3.8) is 0 Å². The first-order valence-electron chi connectivity index (χ1n) is 9.52. The second-order valence-electron chi connectivity index (χ2n) is 7.05. The van der Waals surface area contributed by atoms with Crippen LogP contribution in [0.5, 0.6) is 0 Å². The van der Waals surface area contributed by atoms with Gasteiger partial charge in [-0.1, -0.05) is 30.3 Å². The molecule has 1 aliphatic heterocycles. The largest absolute Gasteiger partial charge is 0.310 e. The zero-order valence-corrected chi connectivity index (χ0v) is 17.2. The summed E-state index contributed by atoms with van der Waals surface area (Å²) >= 11 is 0. The highest BCUT2D eigenvalue weighted by molar-refractivity contribution is 7.89. The Morgan fingerprint density at radius 2 is 1.83 bits per heavy atom. The van der Waals surface area contributed by atoms with Crippen LogP contribution < -0.4 is 15.2 Å². The van der Waals surface area contributed by atoms with Crippen LogP contribution >= 0.6 is 0 Å². The number of carbonyl (C=O) groups is 1. The third-order valence-corrected chi connectivity index (χ3v) is 6.63. The van der Waals surface area contributed by atoms with Crippen molar-refractivity contribution in [2.45, 2.75) is 17.9 Å². The molecule has 0 bridgehead atoms. The van der Waals surface area contributed by atoms with E-state index in [9.17, 15) is 18.0 Å². The molecule has 0 fully saturated rings. The van der Waals surface area contributed by atoms with Gasteiger partial charge in [-0.15, -0.1) is 0 Å². The number of amides is 1. The average Bonchev–Trinajstić information content (AvgIpc) is 3.19. The summed E-state index contributed by atoms with van der Waals surface area (Å²) in [5, 5.41) is 0. The quantitative estimate of drug-likeness (QED) is 0.680. The van der Waals surface area contributed by atoms with E-state index in [0.29, 0.717) is 25.2 Å². The fraction of sp³-hybridized carbons (Fsp3) is 0.182. The number of nitrogens with one attached hydrogen (secondary N) is 1. The Morgan fingerprint density at radius 3 is 2.57 bits per heavy atom. The second-order valence-corrected chi connectivity index (χ2v) is 8.93. The molecule has 1 N–H and O–H groups in total. The highest BCUT2D eigenvalue weighted by atomic mass is 32.2. The molecule has 1 aromatic heterocycles. The summed E-state index contributed by atoms with van der Waals surface area (Å²) in [4.78, 5) is 27.8. The predicted molar refractivity (Wildman–Crippen MR) is 114 cm³/mol. The first-order valence-corrected chi connectivity index (χ1v) is 11.0. The molecule has 7 nitrogen and oxygen atoms in total. The lowest BCUT2D eigenvalue weighted by molar-refractivity contribution is 0.0987. The summed E-state index contributed by atoms with van der Waals surface area (Å²) in [6.45, 7) is 0.771. The Labute approximate surface area is 174 Å². The summed E-state index contributed by atoms with van der Waals surface area (Å²) in [7, 11) is -2.20. The van der Waals surface area contributed by atoms with Crippen molar-refractivity contribution in [3.05, 3.63) is 93.9 Å². The molecule has 0 aliphatic carbocycles. The zero-order chi connectivity index (χ0) is 21.3. The normalized spacial score (nSPS) is 13.3. The van der Waals surface area contributed by atoms with Crippen LogP contribution in [0.3, 0.4) is 0 Å². The molecule has 0 radical (unpaired) electrons. The third-order valence-electron chi connectivity index (χ3n) is 5.22. The molecule has 4 rings (SSSR count). The maximum absolute atomic E-state index is 13.2. The Balaban J connectivity index is 1.64. The molecule has 2 aromatic carbocycles. The van der Waals surface area contributed by atoms with Crippen LogP contribution in [0.15, 0.2) is 76.6 Å². The van der Waals surface area contributed by atoms with Crippen molar-refractivity contribution in [1.82, 2.24) is 9.29 Å². The topological polar surface area (TPSA) is 88.5 Å². The lowest BCUT2D eigenvalue weighted by Gasteiger charge is -2.18. The van der Waals surface area contributed by atoms with Crippen LogP contribution in [0.1, 0.15) is 21.5 Å². The van der Waals surface area contributed by atoms with Crippen LogP contribution in [-0.2, 0) is 23.0 Å². The van der Waals surface area contributed by atoms with Gasteiger partial charge in [0.05, 0.1) is 11.4 Å². The zero-order valence-electron chi connectivity index (χ0n) is 16.4. The molecule has 0 spiro atoms. The summed E-state index contributed by atoms with van der Waals surface area (Å²) in [5.74, 6) is -0.384. The van der Waals surface area contributed by atoms with Gasteiger partial charge in [-0.05, 0) is 54.9 Å². The fourth-order valence-corrected chi connectivity index (χ4v) is 4.40. The first kappa shape index (κ1) is 20.1. The van der Waals surface area contributed by atoms with E-state index in [1.54, 1.807) is 24.4 Å². The van der Waals surface area contributed by atoms with Crippen LogP contribution in [0, 0.1) is 0 Å². The molecular weight excluding hydrogens is 402 g/mol.